The first-order valence-electron chi connectivity index (χ1n) is 11.3. The fourth-order valence-electron chi connectivity index (χ4n) is 5.18. The van der Waals surface area contributed by atoms with Gasteiger partial charge in [0.2, 0.25) is 0 Å². The summed E-state index contributed by atoms with van der Waals surface area (Å²) >= 11 is 5.69. The van der Waals surface area contributed by atoms with Crippen molar-refractivity contribution < 1.29 is 5.11 Å². The Morgan fingerprint density at radius 3 is 2.25 bits per heavy atom. The molecule has 1 fully saturated rings. The predicted molar refractivity (Wildman–Crippen MR) is 135 cm³/mol. The number of allylic oxidation sites excluding steroid dienone is 1. The zero-order valence-electron chi connectivity index (χ0n) is 17.9. The van der Waals surface area contributed by atoms with Crippen molar-refractivity contribution in [1.29, 1.82) is 0 Å². The summed E-state index contributed by atoms with van der Waals surface area (Å²) in [5.74, 6) is 1.25. The summed E-state index contributed by atoms with van der Waals surface area (Å²) in [5, 5.41) is 19.7. The van der Waals surface area contributed by atoms with Crippen LogP contribution < -0.4 is 10.6 Å². The number of rotatable bonds is 6. The standard InChI is InChI=1S/C28H28N2OS/c31-28(23-11-5-2-6-12-23,19-20-9-3-1-4-10-20)24-13-7-8-14-25(24)29-27(32)30-26-18-21-15-16-22(26)17-21/h1-16,21-22,26,31H,17-19H2,(H2,29,30,32)/t21-,22-,26-,28+/m1/s1. The van der Waals surface area contributed by atoms with E-state index in [-0.39, 0.29) is 0 Å². The van der Waals surface area contributed by atoms with Crippen LogP contribution in [0, 0.1) is 11.8 Å². The van der Waals surface area contributed by atoms with E-state index in [1.807, 2.05) is 72.8 Å². The second-order valence-corrected chi connectivity index (χ2v) is 9.33. The molecule has 0 spiro atoms. The van der Waals surface area contributed by atoms with Crippen molar-refractivity contribution in [1.82, 2.24) is 5.32 Å². The highest BCUT2D eigenvalue weighted by Crippen LogP contribution is 2.40. The van der Waals surface area contributed by atoms with Crippen molar-refractivity contribution in [2.75, 3.05) is 5.32 Å². The van der Waals surface area contributed by atoms with Crippen LogP contribution in [0.4, 0.5) is 5.69 Å². The van der Waals surface area contributed by atoms with Crippen LogP contribution in [-0.2, 0) is 12.0 Å². The first-order valence-corrected chi connectivity index (χ1v) is 11.7. The summed E-state index contributed by atoms with van der Waals surface area (Å²) in [5.41, 5.74) is 2.37. The normalized spacial score (nSPS) is 23.0. The first-order chi connectivity index (χ1) is 15.6. The molecule has 3 aromatic carbocycles. The van der Waals surface area contributed by atoms with Crippen LogP contribution in [0.3, 0.4) is 0 Å². The molecule has 32 heavy (non-hydrogen) atoms. The molecule has 0 amide bonds. The van der Waals surface area contributed by atoms with Gasteiger partial charge in [0, 0.05) is 23.7 Å². The molecular weight excluding hydrogens is 412 g/mol. The van der Waals surface area contributed by atoms with Gasteiger partial charge in [0.15, 0.2) is 5.11 Å². The van der Waals surface area contributed by atoms with Crippen LogP contribution in [-0.4, -0.2) is 16.3 Å². The number of fused-ring (bicyclic) bond motifs is 2. The Balaban J connectivity index is 1.44. The number of hydrogen-bond donors (Lipinski definition) is 3. The Hall–Kier alpha value is -2.95. The molecule has 0 radical (unpaired) electrons. The molecule has 3 N–H and O–H groups in total. The predicted octanol–water partition coefficient (Wildman–Crippen LogP) is 5.42. The SMILES string of the molecule is O[C@@](Cc1ccccc1)(c1ccccc1)c1ccccc1NC(=S)N[C@@H]1C[C@@H]2C=C[C@@H]1C2. The average Bonchev–Trinajstić information content (AvgIpc) is 3.44. The van der Waals surface area contributed by atoms with Gasteiger partial charge in [-0.15, -0.1) is 0 Å². The number of hydrogen-bond acceptors (Lipinski definition) is 2. The summed E-state index contributed by atoms with van der Waals surface area (Å²) in [6.45, 7) is 0. The Kier molecular flexibility index (Phi) is 5.81. The van der Waals surface area contributed by atoms with Gasteiger partial charge in [0.05, 0.1) is 0 Å². The van der Waals surface area contributed by atoms with Crippen molar-refractivity contribution in [3.63, 3.8) is 0 Å². The zero-order chi connectivity index (χ0) is 22.0. The summed E-state index contributed by atoms with van der Waals surface area (Å²) in [6.07, 6.45) is 7.47. The molecule has 2 aliphatic rings. The molecular formula is C28H28N2OS. The highest BCUT2D eigenvalue weighted by atomic mass is 32.1. The van der Waals surface area contributed by atoms with Crippen LogP contribution in [0.25, 0.3) is 0 Å². The zero-order valence-corrected chi connectivity index (χ0v) is 18.8. The van der Waals surface area contributed by atoms with Crippen molar-refractivity contribution in [3.05, 3.63) is 114 Å². The van der Waals surface area contributed by atoms with Gasteiger partial charge in [-0.25, -0.2) is 0 Å². The fraction of sp³-hybridized carbons (Fsp3) is 0.250. The van der Waals surface area contributed by atoms with Gasteiger partial charge in [-0.2, -0.15) is 0 Å². The Labute approximate surface area is 195 Å². The molecule has 0 saturated heterocycles. The summed E-state index contributed by atoms with van der Waals surface area (Å²) in [6, 6.07) is 28.3. The van der Waals surface area contributed by atoms with Crippen molar-refractivity contribution >= 4 is 23.0 Å². The third kappa shape index (κ3) is 4.21. The molecule has 3 nitrogen and oxygen atoms in total. The lowest BCUT2D eigenvalue weighted by Gasteiger charge is -2.32. The number of benzene rings is 3. The molecule has 3 aromatic rings. The minimum atomic E-state index is -1.20. The van der Waals surface area contributed by atoms with E-state index in [0.717, 1.165) is 28.8 Å². The maximum absolute atomic E-state index is 12.2. The van der Waals surface area contributed by atoms with E-state index < -0.39 is 5.60 Å². The van der Waals surface area contributed by atoms with E-state index in [9.17, 15) is 5.11 Å². The van der Waals surface area contributed by atoms with Crippen molar-refractivity contribution in [3.8, 4) is 0 Å². The van der Waals surface area contributed by atoms with Crippen LogP contribution in [0.1, 0.15) is 29.5 Å². The monoisotopic (exact) mass is 440 g/mol. The van der Waals surface area contributed by atoms with Gasteiger partial charge < -0.3 is 15.7 Å². The maximum atomic E-state index is 12.2. The highest BCUT2D eigenvalue weighted by molar-refractivity contribution is 7.80. The second-order valence-electron chi connectivity index (χ2n) is 8.92. The maximum Gasteiger partial charge on any atom is 0.171 e. The molecule has 4 heteroatoms. The fourth-order valence-corrected chi connectivity index (χ4v) is 5.45. The quantitative estimate of drug-likeness (QED) is 0.354. The van der Waals surface area contributed by atoms with Gasteiger partial charge in [-0.1, -0.05) is 91.0 Å². The topological polar surface area (TPSA) is 44.3 Å². The first kappa shape index (κ1) is 20.9. The molecule has 0 aliphatic heterocycles. The molecule has 5 rings (SSSR count). The minimum Gasteiger partial charge on any atom is -0.380 e. The van der Waals surface area contributed by atoms with Gasteiger partial charge in [-0.3, -0.25) is 0 Å². The third-order valence-electron chi connectivity index (χ3n) is 6.77. The van der Waals surface area contributed by atoms with E-state index in [2.05, 4.69) is 34.9 Å². The summed E-state index contributed by atoms with van der Waals surface area (Å²) in [7, 11) is 0. The van der Waals surface area contributed by atoms with E-state index in [1.165, 1.54) is 6.42 Å². The lowest BCUT2D eigenvalue weighted by Crippen LogP contribution is -2.40. The van der Waals surface area contributed by atoms with E-state index >= 15 is 0 Å². The largest absolute Gasteiger partial charge is 0.380 e. The van der Waals surface area contributed by atoms with Crippen molar-refractivity contribution in [2.45, 2.75) is 30.9 Å². The van der Waals surface area contributed by atoms with Crippen LogP contribution in [0.5, 0.6) is 0 Å². The molecule has 2 aliphatic carbocycles. The van der Waals surface area contributed by atoms with E-state index in [1.54, 1.807) is 0 Å². The number of thiocarbonyl (C=S) groups is 1. The van der Waals surface area contributed by atoms with Gasteiger partial charge >= 0.3 is 0 Å². The van der Waals surface area contributed by atoms with Gasteiger partial charge in [0.25, 0.3) is 0 Å². The number of para-hydroxylation sites is 1. The van der Waals surface area contributed by atoms with Crippen LogP contribution in [0.15, 0.2) is 97.1 Å². The minimum absolute atomic E-state index is 0.384. The number of anilines is 1. The average molecular weight is 441 g/mol. The number of nitrogens with one attached hydrogen (secondary N) is 2. The summed E-state index contributed by atoms with van der Waals surface area (Å²) in [4.78, 5) is 0. The van der Waals surface area contributed by atoms with E-state index in [0.29, 0.717) is 29.4 Å². The van der Waals surface area contributed by atoms with E-state index in [4.69, 9.17) is 12.2 Å². The number of aliphatic hydroxyl groups is 1. The third-order valence-corrected chi connectivity index (χ3v) is 6.99. The summed E-state index contributed by atoms with van der Waals surface area (Å²) < 4.78 is 0. The van der Waals surface area contributed by atoms with Gasteiger partial charge in [0.1, 0.15) is 5.60 Å². The Bertz CT molecular complexity index is 1110. The van der Waals surface area contributed by atoms with Crippen molar-refractivity contribution in [2.24, 2.45) is 11.8 Å². The molecule has 162 valence electrons. The second kappa shape index (κ2) is 8.89. The molecule has 1 saturated carbocycles. The lowest BCUT2D eigenvalue weighted by atomic mass is 9.80. The Morgan fingerprint density at radius 2 is 1.56 bits per heavy atom. The molecule has 0 unspecified atom stereocenters. The molecule has 0 heterocycles. The smallest absolute Gasteiger partial charge is 0.171 e. The van der Waals surface area contributed by atoms with Crippen LogP contribution >= 0.6 is 12.2 Å². The lowest BCUT2D eigenvalue weighted by molar-refractivity contribution is 0.0819. The molecule has 4 atom stereocenters. The highest BCUT2D eigenvalue weighted by Gasteiger charge is 2.37. The molecule has 2 bridgehead atoms. The Morgan fingerprint density at radius 1 is 0.875 bits per heavy atom. The molecule has 0 aromatic heterocycles. The van der Waals surface area contributed by atoms with Crippen LogP contribution in [0.2, 0.25) is 0 Å². The van der Waals surface area contributed by atoms with Gasteiger partial charge in [-0.05, 0) is 54.1 Å².